The van der Waals surface area contributed by atoms with Gasteiger partial charge >= 0.3 is 6.03 Å². The number of halogens is 1. The van der Waals surface area contributed by atoms with Crippen molar-refractivity contribution < 1.29 is 9.21 Å². The zero-order valence-corrected chi connectivity index (χ0v) is 13.0. The van der Waals surface area contributed by atoms with Crippen molar-refractivity contribution in [2.75, 3.05) is 7.05 Å². The average Bonchev–Trinajstić information content (AvgIpc) is 3.01. The summed E-state index contributed by atoms with van der Waals surface area (Å²) in [5, 5.41) is 2.94. The van der Waals surface area contributed by atoms with Gasteiger partial charge < -0.3 is 14.6 Å². The Morgan fingerprint density at radius 2 is 2.30 bits per heavy atom. The second-order valence-electron chi connectivity index (χ2n) is 4.70. The number of hydrogen-bond donors (Lipinski definition) is 1. The zero-order valence-electron chi connectivity index (χ0n) is 11.4. The molecule has 0 radical (unpaired) electrons. The molecule has 0 aromatic carbocycles. The van der Waals surface area contributed by atoms with E-state index in [2.05, 4.69) is 5.32 Å². The molecule has 0 aliphatic rings. The van der Waals surface area contributed by atoms with Crippen LogP contribution < -0.4 is 5.32 Å². The first kappa shape index (κ1) is 14.9. The predicted molar refractivity (Wildman–Crippen MR) is 81.2 cm³/mol. The normalized spacial score (nSPS) is 12.2. The summed E-state index contributed by atoms with van der Waals surface area (Å²) in [4.78, 5) is 14.8. The van der Waals surface area contributed by atoms with Gasteiger partial charge in [0.15, 0.2) is 0 Å². The Hall–Kier alpha value is -1.46. The maximum atomic E-state index is 12.0. The van der Waals surface area contributed by atoms with Crippen molar-refractivity contribution in [3.05, 3.63) is 45.5 Å². The molecule has 1 N–H and O–H groups in total. The van der Waals surface area contributed by atoms with Gasteiger partial charge in [0.2, 0.25) is 0 Å². The van der Waals surface area contributed by atoms with Crippen molar-refractivity contribution in [3.8, 4) is 0 Å². The lowest BCUT2D eigenvalue weighted by atomic mass is 10.2. The number of rotatable bonds is 5. The summed E-state index contributed by atoms with van der Waals surface area (Å²) in [6.45, 7) is 2.51. The van der Waals surface area contributed by atoms with E-state index in [1.165, 1.54) is 11.3 Å². The number of carbonyl (C=O) groups excluding carboxylic acids is 1. The Morgan fingerprint density at radius 3 is 2.90 bits per heavy atom. The van der Waals surface area contributed by atoms with Crippen molar-refractivity contribution in [2.45, 2.75) is 25.9 Å². The van der Waals surface area contributed by atoms with Crippen LogP contribution in [0, 0.1) is 0 Å². The van der Waals surface area contributed by atoms with Crippen LogP contribution in [0.2, 0.25) is 4.34 Å². The quantitative estimate of drug-likeness (QED) is 0.913. The molecule has 0 saturated carbocycles. The Bertz CT molecular complexity index is 553. The van der Waals surface area contributed by atoms with Crippen LogP contribution in [0.1, 0.15) is 17.6 Å². The molecule has 1 atom stereocenters. The molecule has 4 nitrogen and oxygen atoms in total. The number of urea groups is 1. The van der Waals surface area contributed by atoms with Gasteiger partial charge in [-0.25, -0.2) is 4.79 Å². The second-order valence-corrected chi connectivity index (χ2v) is 6.50. The van der Waals surface area contributed by atoms with E-state index in [0.717, 1.165) is 15.0 Å². The van der Waals surface area contributed by atoms with E-state index in [9.17, 15) is 4.79 Å². The molecule has 0 aliphatic heterocycles. The van der Waals surface area contributed by atoms with Crippen molar-refractivity contribution in [1.29, 1.82) is 0 Å². The highest BCUT2D eigenvalue weighted by molar-refractivity contribution is 7.16. The van der Waals surface area contributed by atoms with Crippen LogP contribution in [-0.4, -0.2) is 24.0 Å². The van der Waals surface area contributed by atoms with Gasteiger partial charge in [-0.2, -0.15) is 0 Å². The fourth-order valence-corrected chi connectivity index (χ4v) is 2.99. The first-order valence-corrected chi connectivity index (χ1v) is 7.52. The molecule has 2 rings (SSSR count). The average molecular weight is 313 g/mol. The zero-order chi connectivity index (χ0) is 14.5. The van der Waals surface area contributed by atoms with Crippen LogP contribution in [-0.2, 0) is 13.0 Å². The highest BCUT2D eigenvalue weighted by Gasteiger charge is 2.14. The van der Waals surface area contributed by atoms with Gasteiger partial charge in [0.05, 0.1) is 17.1 Å². The van der Waals surface area contributed by atoms with E-state index < -0.39 is 0 Å². The molecule has 0 spiro atoms. The fraction of sp³-hybridized carbons (Fsp3) is 0.357. The lowest BCUT2D eigenvalue weighted by Crippen LogP contribution is -2.42. The summed E-state index contributed by atoms with van der Waals surface area (Å²) in [7, 11) is 1.77. The van der Waals surface area contributed by atoms with E-state index in [0.29, 0.717) is 13.0 Å². The number of furan rings is 1. The van der Waals surface area contributed by atoms with Crippen LogP contribution in [0.3, 0.4) is 0 Å². The van der Waals surface area contributed by atoms with E-state index in [-0.39, 0.29) is 12.1 Å². The third kappa shape index (κ3) is 4.28. The van der Waals surface area contributed by atoms with Crippen molar-refractivity contribution >= 4 is 29.0 Å². The molecule has 0 fully saturated rings. The minimum atomic E-state index is -0.103. The third-order valence-electron chi connectivity index (χ3n) is 2.83. The Balaban J connectivity index is 1.81. The third-order valence-corrected chi connectivity index (χ3v) is 4.04. The molecule has 0 saturated heterocycles. The number of nitrogens with one attached hydrogen (secondary N) is 1. The van der Waals surface area contributed by atoms with Crippen molar-refractivity contribution in [3.63, 3.8) is 0 Å². The van der Waals surface area contributed by atoms with E-state index in [1.807, 2.05) is 31.2 Å². The molecule has 108 valence electrons. The van der Waals surface area contributed by atoms with Gasteiger partial charge in [0, 0.05) is 24.4 Å². The van der Waals surface area contributed by atoms with E-state index >= 15 is 0 Å². The molecular weight excluding hydrogens is 296 g/mol. The van der Waals surface area contributed by atoms with Crippen LogP contribution in [0.15, 0.2) is 34.9 Å². The predicted octanol–water partition coefficient (Wildman–Crippen LogP) is 3.77. The first-order chi connectivity index (χ1) is 9.54. The topological polar surface area (TPSA) is 45.5 Å². The number of thiophene rings is 1. The van der Waals surface area contributed by atoms with Gasteiger partial charge in [-0.05, 0) is 31.2 Å². The maximum Gasteiger partial charge on any atom is 0.317 e. The van der Waals surface area contributed by atoms with Crippen LogP contribution >= 0.6 is 22.9 Å². The second kappa shape index (κ2) is 6.81. The molecule has 0 aliphatic carbocycles. The lowest BCUT2D eigenvalue weighted by molar-refractivity contribution is 0.203. The fourth-order valence-electron chi connectivity index (χ4n) is 1.84. The van der Waals surface area contributed by atoms with Gasteiger partial charge in [-0.3, -0.25) is 0 Å². The molecule has 6 heteroatoms. The molecule has 2 aromatic heterocycles. The van der Waals surface area contributed by atoms with Gasteiger partial charge in [0.25, 0.3) is 0 Å². The van der Waals surface area contributed by atoms with Crippen molar-refractivity contribution in [2.24, 2.45) is 0 Å². The SMILES string of the molecule is C[C@@H](Cc1ccco1)NC(=O)N(C)Cc1ccc(Cl)s1. The van der Waals surface area contributed by atoms with E-state index in [4.69, 9.17) is 16.0 Å². The number of carbonyl (C=O) groups is 1. The van der Waals surface area contributed by atoms with Gasteiger partial charge in [-0.15, -0.1) is 11.3 Å². The van der Waals surface area contributed by atoms with Crippen LogP contribution in [0.25, 0.3) is 0 Å². The van der Waals surface area contributed by atoms with Crippen LogP contribution in [0.5, 0.6) is 0 Å². The summed E-state index contributed by atoms with van der Waals surface area (Å²) in [5.74, 6) is 0.866. The Kier molecular flexibility index (Phi) is 5.09. The molecule has 2 amide bonds. The molecule has 2 heterocycles. The number of nitrogens with zero attached hydrogens (tertiary/aromatic N) is 1. The maximum absolute atomic E-state index is 12.0. The number of amides is 2. The summed E-state index contributed by atoms with van der Waals surface area (Å²) < 4.78 is 6.00. The first-order valence-electron chi connectivity index (χ1n) is 6.33. The minimum Gasteiger partial charge on any atom is -0.469 e. The van der Waals surface area contributed by atoms with E-state index in [1.54, 1.807) is 18.2 Å². The van der Waals surface area contributed by atoms with Gasteiger partial charge in [0.1, 0.15) is 5.76 Å². The summed E-state index contributed by atoms with van der Waals surface area (Å²) in [5.41, 5.74) is 0. The summed E-state index contributed by atoms with van der Waals surface area (Å²) in [6.07, 6.45) is 2.31. The largest absolute Gasteiger partial charge is 0.469 e. The summed E-state index contributed by atoms with van der Waals surface area (Å²) >= 11 is 7.36. The molecule has 20 heavy (non-hydrogen) atoms. The molecule has 0 bridgehead atoms. The standard InChI is InChI=1S/C14H17ClN2O2S/c1-10(8-11-4-3-7-19-11)16-14(18)17(2)9-12-5-6-13(15)20-12/h3-7,10H,8-9H2,1-2H3,(H,16,18)/t10-/m0/s1. The molecular formula is C14H17ClN2O2S. The number of hydrogen-bond acceptors (Lipinski definition) is 3. The Morgan fingerprint density at radius 1 is 1.50 bits per heavy atom. The monoisotopic (exact) mass is 312 g/mol. The molecule has 2 aromatic rings. The highest BCUT2D eigenvalue weighted by Crippen LogP contribution is 2.22. The highest BCUT2D eigenvalue weighted by atomic mass is 35.5. The van der Waals surface area contributed by atoms with Crippen LogP contribution in [0.4, 0.5) is 4.79 Å². The smallest absolute Gasteiger partial charge is 0.317 e. The summed E-state index contributed by atoms with van der Waals surface area (Å²) in [6, 6.07) is 7.43. The minimum absolute atomic E-state index is 0.0167. The Labute approximate surface area is 127 Å². The molecule has 0 unspecified atom stereocenters. The van der Waals surface area contributed by atoms with Gasteiger partial charge in [-0.1, -0.05) is 11.6 Å². The van der Waals surface area contributed by atoms with Crippen molar-refractivity contribution in [1.82, 2.24) is 10.2 Å². The lowest BCUT2D eigenvalue weighted by Gasteiger charge is -2.20.